The summed E-state index contributed by atoms with van der Waals surface area (Å²) in [7, 11) is 0. The van der Waals surface area contributed by atoms with Gasteiger partial charge in [-0.3, -0.25) is 0 Å². The van der Waals surface area contributed by atoms with Gasteiger partial charge in [0.25, 0.3) is 5.76 Å². The highest BCUT2D eigenvalue weighted by Crippen LogP contribution is 2.28. The molecule has 0 aliphatic heterocycles. The van der Waals surface area contributed by atoms with Gasteiger partial charge in [-0.1, -0.05) is 36.0 Å². The Labute approximate surface area is 130 Å². The highest BCUT2D eigenvalue weighted by Gasteiger charge is 2.16. The fraction of sp³-hybridized carbons (Fsp3) is 0.125. The van der Waals surface area contributed by atoms with Gasteiger partial charge < -0.3 is 4.74 Å². The first-order chi connectivity index (χ1) is 10.6. The molecule has 0 aliphatic carbocycles. The summed E-state index contributed by atoms with van der Waals surface area (Å²) < 4.78 is 30.1. The number of benzene rings is 2. The molecule has 2 aromatic rings. The molecule has 22 heavy (non-hydrogen) atoms. The van der Waals surface area contributed by atoms with Crippen LogP contribution in [-0.2, 0) is 11.3 Å². The summed E-state index contributed by atoms with van der Waals surface area (Å²) in [5, 5.41) is 8.70. The molecule has 0 heterocycles. The first-order valence-electron chi connectivity index (χ1n) is 6.30. The van der Waals surface area contributed by atoms with E-state index in [-0.39, 0.29) is 17.1 Å². The summed E-state index contributed by atoms with van der Waals surface area (Å²) in [6, 6.07) is 14.6. The molecule has 0 N–H and O–H groups in total. The van der Waals surface area contributed by atoms with Gasteiger partial charge in [0.2, 0.25) is 0 Å². The third-order valence-corrected chi connectivity index (χ3v) is 3.56. The second-order valence-electron chi connectivity index (χ2n) is 4.26. The van der Waals surface area contributed by atoms with Gasteiger partial charge in [0, 0.05) is 4.90 Å². The molecule has 6 heteroatoms. The topological polar surface area (TPSA) is 50.1 Å². The Bertz CT molecular complexity index is 696. The summed E-state index contributed by atoms with van der Waals surface area (Å²) in [5.74, 6) is -3.26. The second-order valence-corrected chi connectivity index (χ2v) is 5.29. The van der Waals surface area contributed by atoms with E-state index in [4.69, 9.17) is 10.00 Å². The van der Waals surface area contributed by atoms with Crippen LogP contribution in [0.5, 0.6) is 0 Å². The Kier molecular flexibility index (Phi) is 5.50. The number of nitriles is 1. The zero-order valence-electron chi connectivity index (χ0n) is 11.3. The number of carbonyl (C=O) groups is 1. The summed E-state index contributed by atoms with van der Waals surface area (Å²) >= 11 is 0.310. The van der Waals surface area contributed by atoms with Crippen LogP contribution in [0, 0.1) is 11.3 Å². The SMILES string of the molecule is N#Cc1ccc(COC(=O)c2ccccc2SC(F)F)cc1. The van der Waals surface area contributed by atoms with Crippen LogP contribution < -0.4 is 0 Å². The Balaban J connectivity index is 2.04. The first kappa shape index (κ1) is 16.0. The molecular formula is C16H11F2NO2S. The molecule has 0 aromatic heterocycles. The van der Waals surface area contributed by atoms with E-state index in [9.17, 15) is 13.6 Å². The standard InChI is InChI=1S/C16H11F2NO2S/c17-16(18)22-14-4-2-1-3-13(14)15(20)21-10-12-7-5-11(9-19)6-8-12/h1-8,16H,10H2. The molecule has 3 nitrogen and oxygen atoms in total. The van der Waals surface area contributed by atoms with Crippen LogP contribution in [0.1, 0.15) is 21.5 Å². The van der Waals surface area contributed by atoms with Crippen LogP contribution in [-0.4, -0.2) is 11.7 Å². The molecule has 0 saturated heterocycles. The Morgan fingerprint density at radius 3 is 2.50 bits per heavy atom. The fourth-order valence-electron chi connectivity index (χ4n) is 1.74. The van der Waals surface area contributed by atoms with Crippen molar-refractivity contribution >= 4 is 17.7 Å². The van der Waals surface area contributed by atoms with Crippen molar-refractivity contribution in [2.45, 2.75) is 17.3 Å². The first-order valence-corrected chi connectivity index (χ1v) is 7.18. The number of carbonyl (C=O) groups excluding carboxylic acids is 1. The summed E-state index contributed by atoms with van der Waals surface area (Å²) in [6.45, 7) is 0.0121. The Hall–Kier alpha value is -2.39. The number of esters is 1. The maximum absolute atomic E-state index is 12.5. The Morgan fingerprint density at radius 1 is 1.18 bits per heavy atom. The van der Waals surface area contributed by atoms with E-state index in [0.29, 0.717) is 22.9 Å². The molecule has 0 aliphatic rings. The maximum atomic E-state index is 12.5. The molecule has 2 rings (SSSR count). The number of alkyl halides is 2. The fourth-order valence-corrected chi connectivity index (χ4v) is 2.36. The number of halogens is 2. The van der Waals surface area contributed by atoms with Gasteiger partial charge in [-0.25, -0.2) is 4.79 Å². The quantitative estimate of drug-likeness (QED) is 0.611. The van der Waals surface area contributed by atoms with Crippen LogP contribution in [0.2, 0.25) is 0 Å². The smallest absolute Gasteiger partial charge is 0.339 e. The van der Waals surface area contributed by atoms with E-state index < -0.39 is 11.7 Å². The monoisotopic (exact) mass is 319 g/mol. The molecule has 0 amide bonds. The normalized spacial score (nSPS) is 10.3. The van der Waals surface area contributed by atoms with Crippen molar-refractivity contribution < 1.29 is 18.3 Å². The van der Waals surface area contributed by atoms with Gasteiger partial charge in [-0.05, 0) is 29.8 Å². The molecule has 2 aromatic carbocycles. The van der Waals surface area contributed by atoms with Gasteiger partial charge in [-0.15, -0.1) is 0 Å². The zero-order valence-corrected chi connectivity index (χ0v) is 12.1. The third kappa shape index (κ3) is 4.30. The van der Waals surface area contributed by atoms with Crippen molar-refractivity contribution in [1.29, 1.82) is 5.26 Å². The van der Waals surface area contributed by atoms with Crippen LogP contribution in [0.4, 0.5) is 8.78 Å². The van der Waals surface area contributed by atoms with Crippen LogP contribution >= 0.6 is 11.8 Å². The largest absolute Gasteiger partial charge is 0.457 e. The zero-order chi connectivity index (χ0) is 15.9. The van der Waals surface area contributed by atoms with Gasteiger partial charge in [-0.2, -0.15) is 14.0 Å². The van der Waals surface area contributed by atoms with E-state index >= 15 is 0 Å². The van der Waals surface area contributed by atoms with Gasteiger partial charge in [0.1, 0.15) is 6.61 Å². The van der Waals surface area contributed by atoms with E-state index in [1.807, 2.05) is 6.07 Å². The van der Waals surface area contributed by atoms with Crippen molar-refractivity contribution in [1.82, 2.24) is 0 Å². The van der Waals surface area contributed by atoms with E-state index in [2.05, 4.69) is 0 Å². The molecule has 0 saturated carbocycles. The molecule has 0 unspecified atom stereocenters. The van der Waals surface area contributed by atoms with Crippen LogP contribution in [0.25, 0.3) is 0 Å². The van der Waals surface area contributed by atoms with Crippen molar-refractivity contribution in [2.75, 3.05) is 0 Å². The molecule has 0 spiro atoms. The molecule has 0 bridgehead atoms. The lowest BCUT2D eigenvalue weighted by Crippen LogP contribution is -2.07. The number of nitrogens with zero attached hydrogens (tertiary/aromatic N) is 1. The summed E-state index contributed by atoms with van der Waals surface area (Å²) in [5.41, 5.74) is 1.33. The van der Waals surface area contributed by atoms with Crippen molar-refractivity contribution in [3.8, 4) is 6.07 Å². The van der Waals surface area contributed by atoms with Gasteiger partial charge in [0.05, 0.1) is 17.2 Å². The highest BCUT2D eigenvalue weighted by molar-refractivity contribution is 7.99. The lowest BCUT2D eigenvalue weighted by Gasteiger charge is -2.09. The number of ether oxygens (including phenoxy) is 1. The number of thioether (sulfide) groups is 1. The van der Waals surface area contributed by atoms with Crippen molar-refractivity contribution in [2.24, 2.45) is 0 Å². The number of rotatable bonds is 5. The minimum Gasteiger partial charge on any atom is -0.457 e. The average molecular weight is 319 g/mol. The Morgan fingerprint density at radius 2 is 1.86 bits per heavy atom. The van der Waals surface area contributed by atoms with E-state index in [1.54, 1.807) is 36.4 Å². The van der Waals surface area contributed by atoms with Gasteiger partial charge in [0.15, 0.2) is 0 Å². The van der Waals surface area contributed by atoms with Crippen LogP contribution in [0.3, 0.4) is 0 Å². The molecule has 0 radical (unpaired) electrons. The summed E-state index contributed by atoms with van der Waals surface area (Å²) in [4.78, 5) is 12.2. The molecular weight excluding hydrogens is 308 g/mol. The predicted molar refractivity (Wildman–Crippen MR) is 78.6 cm³/mol. The average Bonchev–Trinajstić information content (AvgIpc) is 2.53. The van der Waals surface area contributed by atoms with E-state index in [0.717, 1.165) is 0 Å². The minimum absolute atomic E-state index is 0.0121. The predicted octanol–water partition coefficient (Wildman–Crippen LogP) is 4.23. The number of hydrogen-bond donors (Lipinski definition) is 0. The minimum atomic E-state index is -2.60. The molecule has 0 fully saturated rings. The molecule has 112 valence electrons. The highest BCUT2D eigenvalue weighted by atomic mass is 32.2. The van der Waals surface area contributed by atoms with Crippen molar-refractivity contribution in [3.63, 3.8) is 0 Å². The molecule has 0 atom stereocenters. The number of hydrogen-bond acceptors (Lipinski definition) is 4. The third-order valence-electron chi connectivity index (χ3n) is 2.78. The second kappa shape index (κ2) is 7.57. The van der Waals surface area contributed by atoms with Crippen LogP contribution in [0.15, 0.2) is 53.4 Å². The van der Waals surface area contributed by atoms with Crippen molar-refractivity contribution in [3.05, 3.63) is 65.2 Å². The lowest BCUT2D eigenvalue weighted by atomic mass is 10.1. The van der Waals surface area contributed by atoms with E-state index in [1.165, 1.54) is 12.1 Å². The summed E-state index contributed by atoms with van der Waals surface area (Å²) in [6.07, 6.45) is 0. The lowest BCUT2D eigenvalue weighted by molar-refractivity contribution is 0.0468. The van der Waals surface area contributed by atoms with Gasteiger partial charge >= 0.3 is 5.97 Å². The maximum Gasteiger partial charge on any atom is 0.339 e.